The number of sulfonamides is 1. The van der Waals surface area contributed by atoms with E-state index in [9.17, 15) is 16.8 Å². The Kier molecular flexibility index (Phi) is 3.57. The Morgan fingerprint density at radius 2 is 1.67 bits per heavy atom. The third-order valence-corrected chi connectivity index (χ3v) is 5.39. The van der Waals surface area contributed by atoms with Gasteiger partial charge in [0.05, 0.1) is 10.6 Å². The lowest BCUT2D eigenvalue weighted by Crippen LogP contribution is -2.17. The van der Waals surface area contributed by atoms with E-state index in [0.717, 1.165) is 12.8 Å². The molecule has 8 heteroatoms. The van der Waals surface area contributed by atoms with Gasteiger partial charge in [0.15, 0.2) is 0 Å². The highest BCUT2D eigenvalue weighted by Gasteiger charge is 2.27. The molecule has 2 rings (SSSR count). The first-order valence-corrected chi connectivity index (χ1v) is 9.28. The van der Waals surface area contributed by atoms with Gasteiger partial charge in [0, 0.05) is 16.4 Å². The third kappa shape index (κ3) is 3.86. The molecule has 0 aliphatic heterocycles. The van der Waals surface area contributed by atoms with Crippen molar-refractivity contribution >= 4 is 35.4 Å². The zero-order valence-corrected chi connectivity index (χ0v) is 11.7. The van der Waals surface area contributed by atoms with Crippen LogP contribution >= 0.6 is 10.7 Å². The largest absolute Gasteiger partial charge is 0.284 e. The second-order valence-corrected chi connectivity index (χ2v) is 8.62. The van der Waals surface area contributed by atoms with Gasteiger partial charge in [-0.25, -0.2) is 16.8 Å². The molecule has 5 nitrogen and oxygen atoms in total. The number of hydrogen-bond donors (Lipinski definition) is 1. The summed E-state index contributed by atoms with van der Waals surface area (Å²) in [6.45, 7) is 0. The van der Waals surface area contributed by atoms with Crippen molar-refractivity contribution in [3.63, 3.8) is 0 Å². The summed E-state index contributed by atoms with van der Waals surface area (Å²) in [5.41, 5.74) is 0.333. The van der Waals surface area contributed by atoms with Gasteiger partial charge >= 0.3 is 0 Å². The highest BCUT2D eigenvalue weighted by molar-refractivity contribution is 8.13. The Morgan fingerprint density at radius 3 is 2.11 bits per heavy atom. The Hall–Kier alpha value is -0.790. The molecule has 18 heavy (non-hydrogen) atoms. The van der Waals surface area contributed by atoms with Crippen molar-refractivity contribution in [2.75, 3.05) is 10.5 Å². The summed E-state index contributed by atoms with van der Waals surface area (Å²) in [6.07, 6.45) is 1.90. The van der Waals surface area contributed by atoms with Crippen LogP contribution in [0, 0.1) is 5.92 Å². The molecule has 1 saturated carbocycles. The molecule has 1 fully saturated rings. The molecular formula is C10H12ClNO4S2. The summed E-state index contributed by atoms with van der Waals surface area (Å²) in [7, 11) is -1.97. The molecule has 100 valence electrons. The van der Waals surface area contributed by atoms with E-state index in [0.29, 0.717) is 5.69 Å². The molecule has 0 atom stereocenters. The average Bonchev–Trinajstić information content (AvgIpc) is 2.99. The van der Waals surface area contributed by atoms with Crippen molar-refractivity contribution in [1.29, 1.82) is 0 Å². The molecule has 0 spiro atoms. The van der Waals surface area contributed by atoms with Crippen molar-refractivity contribution in [3.05, 3.63) is 24.3 Å². The Bertz CT molecular complexity index is 633. The van der Waals surface area contributed by atoms with Crippen LogP contribution in [0.5, 0.6) is 0 Å². The van der Waals surface area contributed by atoms with Gasteiger partial charge < -0.3 is 0 Å². The molecule has 0 bridgehead atoms. The molecule has 1 N–H and O–H groups in total. The van der Waals surface area contributed by atoms with E-state index in [1.54, 1.807) is 0 Å². The van der Waals surface area contributed by atoms with Crippen LogP contribution in [0.15, 0.2) is 29.2 Å². The smallest absolute Gasteiger partial charge is 0.261 e. The molecule has 1 aromatic carbocycles. The Balaban J connectivity index is 2.10. The zero-order chi connectivity index (χ0) is 13.4. The van der Waals surface area contributed by atoms with Crippen LogP contribution in [-0.2, 0) is 19.1 Å². The van der Waals surface area contributed by atoms with Gasteiger partial charge in [-0.1, -0.05) is 0 Å². The lowest BCUT2D eigenvalue weighted by Gasteiger charge is -2.07. The lowest BCUT2D eigenvalue weighted by molar-refractivity contribution is 0.597. The standard InChI is InChI=1S/C10H12ClNO4S2/c11-18(15,16)10-5-3-9(4-6-10)12-17(13,14)7-8-1-2-8/h3-6,8,12H,1-2,7H2. The normalized spacial score (nSPS) is 16.5. The van der Waals surface area contributed by atoms with Crippen LogP contribution in [-0.4, -0.2) is 22.6 Å². The SMILES string of the molecule is O=S(=O)(CC1CC1)Nc1ccc(S(=O)(=O)Cl)cc1. The maximum absolute atomic E-state index is 11.7. The van der Waals surface area contributed by atoms with E-state index in [4.69, 9.17) is 10.7 Å². The molecule has 0 radical (unpaired) electrons. The second-order valence-electron chi connectivity index (χ2n) is 4.29. The topological polar surface area (TPSA) is 80.3 Å². The summed E-state index contributed by atoms with van der Waals surface area (Å²) in [5.74, 6) is 0.368. The highest BCUT2D eigenvalue weighted by atomic mass is 35.7. The minimum atomic E-state index is -3.78. The average molecular weight is 310 g/mol. The fourth-order valence-corrected chi connectivity index (χ4v) is 3.80. The number of halogens is 1. The maximum Gasteiger partial charge on any atom is 0.261 e. The van der Waals surface area contributed by atoms with Crippen LogP contribution in [0.4, 0.5) is 5.69 Å². The van der Waals surface area contributed by atoms with Crippen molar-refractivity contribution in [2.24, 2.45) is 5.92 Å². The van der Waals surface area contributed by atoms with E-state index in [1.807, 2.05) is 0 Å². The van der Waals surface area contributed by atoms with Crippen molar-refractivity contribution < 1.29 is 16.8 Å². The maximum atomic E-state index is 11.7. The van der Waals surface area contributed by atoms with Crippen LogP contribution in [0.2, 0.25) is 0 Å². The van der Waals surface area contributed by atoms with E-state index in [2.05, 4.69) is 4.72 Å². The predicted octanol–water partition coefficient (Wildman–Crippen LogP) is 1.77. The van der Waals surface area contributed by atoms with Crippen LogP contribution in [0.1, 0.15) is 12.8 Å². The summed E-state index contributed by atoms with van der Waals surface area (Å²) in [6, 6.07) is 5.27. The van der Waals surface area contributed by atoms with Gasteiger partial charge in [-0.3, -0.25) is 4.72 Å². The number of benzene rings is 1. The highest BCUT2D eigenvalue weighted by Crippen LogP contribution is 2.30. The molecule has 0 saturated heterocycles. The van der Waals surface area contributed by atoms with Crippen molar-refractivity contribution in [3.8, 4) is 0 Å². The molecule has 0 unspecified atom stereocenters. The molecular weight excluding hydrogens is 298 g/mol. The van der Waals surface area contributed by atoms with Crippen molar-refractivity contribution in [2.45, 2.75) is 17.7 Å². The fraction of sp³-hybridized carbons (Fsp3) is 0.400. The summed E-state index contributed by atoms with van der Waals surface area (Å²) in [4.78, 5) is -0.0608. The minimum Gasteiger partial charge on any atom is -0.284 e. The molecule has 1 aromatic rings. The van der Waals surface area contributed by atoms with Gasteiger partial charge in [0.25, 0.3) is 9.05 Å². The predicted molar refractivity (Wildman–Crippen MR) is 69.6 cm³/mol. The lowest BCUT2D eigenvalue weighted by atomic mass is 10.3. The first-order valence-electron chi connectivity index (χ1n) is 5.31. The number of nitrogens with one attached hydrogen (secondary N) is 1. The van der Waals surface area contributed by atoms with Crippen LogP contribution < -0.4 is 4.72 Å². The molecule has 0 aromatic heterocycles. The Labute approximate surface area is 111 Å². The molecule has 0 heterocycles. The number of anilines is 1. The van der Waals surface area contributed by atoms with Gasteiger partial charge in [-0.15, -0.1) is 0 Å². The minimum absolute atomic E-state index is 0.0608. The van der Waals surface area contributed by atoms with Crippen molar-refractivity contribution in [1.82, 2.24) is 0 Å². The fourth-order valence-electron chi connectivity index (χ4n) is 1.50. The third-order valence-electron chi connectivity index (χ3n) is 2.56. The monoisotopic (exact) mass is 309 g/mol. The Morgan fingerprint density at radius 1 is 1.11 bits per heavy atom. The summed E-state index contributed by atoms with van der Waals surface area (Å²) in [5, 5.41) is 0. The molecule has 1 aliphatic carbocycles. The van der Waals surface area contributed by atoms with E-state index in [1.165, 1.54) is 24.3 Å². The zero-order valence-electron chi connectivity index (χ0n) is 9.34. The quantitative estimate of drug-likeness (QED) is 0.841. The first kappa shape index (κ1) is 13.6. The van der Waals surface area contributed by atoms with E-state index >= 15 is 0 Å². The molecule has 0 amide bonds. The molecule has 1 aliphatic rings. The first-order chi connectivity index (χ1) is 8.26. The van der Waals surface area contributed by atoms with E-state index < -0.39 is 19.1 Å². The van der Waals surface area contributed by atoms with Gasteiger partial charge in [-0.2, -0.15) is 0 Å². The number of rotatable bonds is 5. The second kappa shape index (κ2) is 4.71. The summed E-state index contributed by atoms with van der Waals surface area (Å²) < 4.78 is 47.8. The summed E-state index contributed by atoms with van der Waals surface area (Å²) >= 11 is 0. The van der Waals surface area contributed by atoms with Gasteiger partial charge in [0.2, 0.25) is 10.0 Å². The van der Waals surface area contributed by atoms with Gasteiger partial charge in [0.1, 0.15) is 0 Å². The number of hydrogen-bond acceptors (Lipinski definition) is 4. The van der Waals surface area contributed by atoms with Crippen LogP contribution in [0.3, 0.4) is 0 Å². The van der Waals surface area contributed by atoms with Crippen LogP contribution in [0.25, 0.3) is 0 Å². The van der Waals surface area contributed by atoms with E-state index in [-0.39, 0.29) is 16.6 Å². The van der Waals surface area contributed by atoms with Gasteiger partial charge in [-0.05, 0) is 43.0 Å².